The highest BCUT2D eigenvalue weighted by Gasteiger charge is 2.46. The molecule has 1 aliphatic heterocycles. The van der Waals surface area contributed by atoms with E-state index in [4.69, 9.17) is 9.16 Å². The van der Waals surface area contributed by atoms with Gasteiger partial charge in [0.25, 0.3) is 5.56 Å². The largest absolute Gasteiger partial charge is 0.414 e. The lowest BCUT2D eigenvalue weighted by Crippen LogP contribution is -2.44. The van der Waals surface area contributed by atoms with Crippen molar-refractivity contribution in [3.05, 3.63) is 16.7 Å². The molecule has 0 aromatic carbocycles. The van der Waals surface area contributed by atoms with Crippen molar-refractivity contribution in [2.75, 3.05) is 11.9 Å². The lowest BCUT2D eigenvalue weighted by Gasteiger charge is -2.37. The van der Waals surface area contributed by atoms with Crippen LogP contribution < -0.4 is 10.9 Å². The van der Waals surface area contributed by atoms with E-state index in [1.54, 1.807) is 13.8 Å². The molecule has 1 fully saturated rings. The molecule has 1 amide bonds. The van der Waals surface area contributed by atoms with E-state index < -0.39 is 38.4 Å². The molecule has 2 unspecified atom stereocenters. The van der Waals surface area contributed by atoms with Gasteiger partial charge in [0.15, 0.2) is 25.7 Å². The summed E-state index contributed by atoms with van der Waals surface area (Å²) in [6.07, 6.45) is -2.94. The Morgan fingerprint density at radius 2 is 2.00 bits per heavy atom. The summed E-state index contributed by atoms with van der Waals surface area (Å²) in [5, 5.41) is 23.8. The minimum Gasteiger partial charge on any atom is -0.414 e. The molecule has 3 rings (SSSR count). The average Bonchev–Trinajstić information content (AvgIpc) is 3.21. The molecule has 2 aromatic heterocycles. The van der Waals surface area contributed by atoms with Gasteiger partial charge in [-0.25, -0.2) is 4.98 Å². The molecule has 0 aliphatic carbocycles. The number of carbonyl (C=O) groups excluding carboxylic acids is 1. The molecule has 0 radical (unpaired) electrons. The Morgan fingerprint density at radius 1 is 1.34 bits per heavy atom. The van der Waals surface area contributed by atoms with Gasteiger partial charge in [-0.05, 0) is 18.1 Å². The minimum absolute atomic E-state index is 0.0170. The zero-order valence-corrected chi connectivity index (χ0v) is 20.5. The van der Waals surface area contributed by atoms with Crippen LogP contribution in [0.2, 0.25) is 18.1 Å². The van der Waals surface area contributed by atoms with E-state index in [0.29, 0.717) is 0 Å². The quantitative estimate of drug-likeness (QED) is 0.465. The Kier molecular flexibility index (Phi) is 6.64. The Morgan fingerprint density at radius 3 is 2.59 bits per heavy atom. The first-order valence-electron chi connectivity index (χ1n) is 10.7. The van der Waals surface area contributed by atoms with Gasteiger partial charge < -0.3 is 19.4 Å². The van der Waals surface area contributed by atoms with E-state index in [1.807, 2.05) is 0 Å². The number of anilines is 1. The summed E-state index contributed by atoms with van der Waals surface area (Å²) in [7, 11) is -2.09. The number of hydrogen-bond acceptors (Lipinski definition) is 8. The number of ether oxygens (including phenoxy) is 1. The summed E-state index contributed by atoms with van der Waals surface area (Å²) in [5.41, 5.74) is -0.396. The molecule has 0 spiro atoms. The van der Waals surface area contributed by atoms with Gasteiger partial charge in [-0.15, -0.1) is 0 Å². The molecule has 32 heavy (non-hydrogen) atoms. The van der Waals surface area contributed by atoms with E-state index in [1.165, 1.54) is 10.9 Å². The number of rotatable bonds is 6. The molecule has 178 valence electrons. The average molecular weight is 468 g/mol. The van der Waals surface area contributed by atoms with Crippen molar-refractivity contribution < 1.29 is 24.2 Å². The number of aliphatic hydroxyl groups excluding tert-OH is 2. The highest BCUT2D eigenvalue weighted by Crippen LogP contribution is 2.38. The fraction of sp³-hybridized carbons (Fsp3) is 0.700. The Bertz CT molecular complexity index is 1040. The van der Waals surface area contributed by atoms with Gasteiger partial charge in [0.05, 0.1) is 12.9 Å². The van der Waals surface area contributed by atoms with Gasteiger partial charge in [-0.2, -0.15) is 4.98 Å². The molecule has 4 atom stereocenters. The van der Waals surface area contributed by atoms with Crippen LogP contribution in [-0.4, -0.2) is 68.9 Å². The SMILES string of the molecule is CC(C)C(=O)Nc1nc2c(ncn2[C@@H]2O[C@H](CO[Si](C)(C)C(C)(C)C)C(O)C2O)c(=O)[nH]1. The van der Waals surface area contributed by atoms with Gasteiger partial charge in [0.1, 0.15) is 18.3 Å². The van der Waals surface area contributed by atoms with Gasteiger partial charge >= 0.3 is 0 Å². The normalized spacial score (nSPS) is 24.4. The van der Waals surface area contributed by atoms with Crippen molar-refractivity contribution in [1.29, 1.82) is 0 Å². The van der Waals surface area contributed by atoms with E-state index in [9.17, 15) is 19.8 Å². The number of aliphatic hydroxyl groups is 2. The summed E-state index contributed by atoms with van der Waals surface area (Å²) >= 11 is 0. The predicted octanol–water partition coefficient (Wildman–Crippen LogP) is 1.36. The van der Waals surface area contributed by atoms with Crippen molar-refractivity contribution in [3.8, 4) is 0 Å². The van der Waals surface area contributed by atoms with Crippen LogP contribution in [0.5, 0.6) is 0 Å². The summed E-state index contributed by atoms with van der Waals surface area (Å²) < 4.78 is 13.5. The number of nitrogens with zero attached hydrogens (tertiary/aromatic N) is 3. The predicted molar refractivity (Wildman–Crippen MR) is 121 cm³/mol. The second-order valence-electron chi connectivity index (χ2n) is 10.0. The van der Waals surface area contributed by atoms with Crippen LogP contribution in [0.4, 0.5) is 5.95 Å². The van der Waals surface area contributed by atoms with Crippen molar-refractivity contribution in [3.63, 3.8) is 0 Å². The van der Waals surface area contributed by atoms with E-state index in [2.05, 4.69) is 54.1 Å². The molecule has 4 N–H and O–H groups in total. The second-order valence-corrected chi connectivity index (χ2v) is 14.8. The van der Waals surface area contributed by atoms with E-state index >= 15 is 0 Å². The summed E-state index contributed by atoms with van der Waals surface area (Å²) in [4.78, 5) is 35.2. The monoisotopic (exact) mass is 467 g/mol. The van der Waals surface area contributed by atoms with Crippen LogP contribution in [0, 0.1) is 5.92 Å². The molecular weight excluding hydrogens is 434 g/mol. The number of H-pyrrole nitrogens is 1. The molecule has 0 saturated carbocycles. The van der Waals surface area contributed by atoms with Gasteiger partial charge in [-0.1, -0.05) is 34.6 Å². The fourth-order valence-electron chi connectivity index (χ4n) is 3.04. The molecule has 11 nitrogen and oxygen atoms in total. The molecule has 1 aliphatic rings. The number of aromatic amines is 1. The maximum Gasteiger partial charge on any atom is 0.280 e. The third-order valence-corrected chi connectivity index (χ3v) is 10.7. The third kappa shape index (κ3) is 4.64. The molecule has 12 heteroatoms. The van der Waals surface area contributed by atoms with Crippen molar-refractivity contribution in [2.24, 2.45) is 5.92 Å². The van der Waals surface area contributed by atoms with Gasteiger partial charge in [0, 0.05) is 5.92 Å². The van der Waals surface area contributed by atoms with Crippen LogP contribution in [0.25, 0.3) is 11.2 Å². The highest BCUT2D eigenvalue weighted by molar-refractivity contribution is 6.74. The number of fused-ring (bicyclic) bond motifs is 1. The number of aromatic nitrogens is 4. The van der Waals surface area contributed by atoms with Crippen LogP contribution in [-0.2, 0) is 14.0 Å². The summed E-state index contributed by atoms with van der Waals surface area (Å²) in [5.74, 6) is -0.652. The van der Waals surface area contributed by atoms with E-state index in [0.717, 1.165) is 0 Å². The highest BCUT2D eigenvalue weighted by atomic mass is 28.4. The third-order valence-electron chi connectivity index (χ3n) is 6.22. The van der Waals surface area contributed by atoms with Crippen molar-refractivity contribution in [1.82, 2.24) is 19.5 Å². The molecule has 0 bridgehead atoms. The maximum atomic E-state index is 12.4. The van der Waals surface area contributed by atoms with Gasteiger partial charge in [0.2, 0.25) is 11.9 Å². The Labute approximate surface area is 187 Å². The number of amides is 1. The fourth-order valence-corrected chi connectivity index (χ4v) is 4.05. The van der Waals surface area contributed by atoms with E-state index in [-0.39, 0.29) is 40.6 Å². The molecule has 2 aromatic rings. The Balaban J connectivity index is 1.86. The van der Waals surface area contributed by atoms with Crippen molar-refractivity contribution >= 4 is 31.3 Å². The number of carbonyl (C=O) groups is 1. The number of imidazole rings is 1. The van der Waals surface area contributed by atoms with Crippen LogP contribution in [0.15, 0.2) is 11.1 Å². The van der Waals surface area contributed by atoms with Crippen LogP contribution >= 0.6 is 0 Å². The Hall–Kier alpha value is -2.12. The number of nitrogens with one attached hydrogen (secondary N) is 2. The first kappa shape index (κ1) is 24.5. The van der Waals surface area contributed by atoms with Crippen LogP contribution in [0.3, 0.4) is 0 Å². The minimum atomic E-state index is -2.09. The molecule has 3 heterocycles. The van der Waals surface area contributed by atoms with Crippen LogP contribution in [0.1, 0.15) is 40.8 Å². The maximum absolute atomic E-state index is 12.4. The van der Waals surface area contributed by atoms with Gasteiger partial charge in [-0.3, -0.25) is 24.5 Å². The smallest absolute Gasteiger partial charge is 0.280 e. The standard InChI is InChI=1S/C20H33N5O6Si/c1-10(2)16(28)23-19-22-15-12(17(29)24-19)21-9-25(15)18-14(27)13(26)11(31-18)8-30-32(6,7)20(3,4)5/h9-11,13-14,18,26-27H,8H2,1-7H3,(H2,22,23,24,28,29)/t11-,13?,14?,18-/m1/s1. The topological polar surface area (TPSA) is 152 Å². The number of hydrogen-bond donors (Lipinski definition) is 4. The lowest BCUT2D eigenvalue weighted by atomic mass is 10.1. The summed E-state index contributed by atoms with van der Waals surface area (Å²) in [6.45, 7) is 14.1. The first-order chi connectivity index (χ1) is 14.7. The van der Waals surface area contributed by atoms with Crippen molar-refractivity contribution in [2.45, 2.75) is 77.3 Å². The zero-order chi connectivity index (χ0) is 24.0. The lowest BCUT2D eigenvalue weighted by molar-refractivity contribution is -0.118. The first-order valence-corrected chi connectivity index (χ1v) is 13.6. The zero-order valence-electron chi connectivity index (χ0n) is 19.5. The summed E-state index contributed by atoms with van der Waals surface area (Å²) in [6, 6.07) is 0. The second kappa shape index (κ2) is 8.67. The molecular formula is C20H33N5O6Si. The molecule has 1 saturated heterocycles.